The molecule has 2 heterocycles. The molecule has 2 rings (SSSR count). The van der Waals surface area contributed by atoms with E-state index in [0.717, 1.165) is 23.6 Å². The van der Waals surface area contributed by atoms with Gasteiger partial charge in [-0.2, -0.15) is 0 Å². The van der Waals surface area contributed by atoms with Crippen LogP contribution in [0.25, 0.3) is 21.3 Å². The summed E-state index contributed by atoms with van der Waals surface area (Å²) in [5, 5.41) is 4.63. The number of fused-ring (bicyclic) bond motifs is 1. The minimum absolute atomic E-state index is 0.392. The second-order valence-corrected chi connectivity index (χ2v) is 11.5. The highest BCUT2D eigenvalue weighted by Gasteiger charge is 2.12. The van der Waals surface area contributed by atoms with Gasteiger partial charge in [-0.3, -0.25) is 4.98 Å². The lowest BCUT2D eigenvalue weighted by molar-refractivity contribution is 0.0902. The second kappa shape index (κ2) is 6.09. The molecule has 7 heteroatoms. The summed E-state index contributed by atoms with van der Waals surface area (Å²) in [5.41, 5.74) is 9.41. The Kier molecular flexibility index (Phi) is 4.44. The molecule has 0 spiro atoms. The third kappa shape index (κ3) is 3.60. The van der Waals surface area contributed by atoms with Crippen LogP contribution in [0.2, 0.25) is 25.7 Å². The van der Waals surface area contributed by atoms with Gasteiger partial charge in [-0.25, -0.2) is 0 Å². The highest BCUT2D eigenvalue weighted by molar-refractivity contribution is 6.76. The van der Waals surface area contributed by atoms with Crippen molar-refractivity contribution in [2.24, 2.45) is 5.11 Å². The summed E-state index contributed by atoms with van der Waals surface area (Å²) < 4.78 is 7.66. The van der Waals surface area contributed by atoms with Gasteiger partial charge in [-0.15, -0.1) is 0 Å². The first-order chi connectivity index (χ1) is 9.51. The van der Waals surface area contributed by atoms with Crippen molar-refractivity contribution in [3.8, 4) is 0 Å². The second-order valence-electron chi connectivity index (χ2n) is 5.90. The van der Waals surface area contributed by atoms with Crippen molar-refractivity contribution in [2.75, 3.05) is 6.61 Å². The van der Waals surface area contributed by atoms with E-state index in [2.05, 4.69) is 34.7 Å². The highest BCUT2D eigenvalue weighted by atomic mass is 28.3. The summed E-state index contributed by atoms with van der Waals surface area (Å²) in [5.74, 6) is 0.392. The maximum Gasteiger partial charge on any atom is 0.151 e. The molecule has 0 aliphatic carbocycles. The third-order valence-corrected chi connectivity index (χ3v) is 4.73. The van der Waals surface area contributed by atoms with Crippen molar-refractivity contribution in [3.63, 3.8) is 0 Å². The van der Waals surface area contributed by atoms with E-state index in [4.69, 9.17) is 10.3 Å². The van der Waals surface area contributed by atoms with Crippen molar-refractivity contribution >= 4 is 24.8 Å². The van der Waals surface area contributed by atoms with Crippen LogP contribution in [-0.2, 0) is 11.5 Å². The Morgan fingerprint density at radius 1 is 1.40 bits per heavy atom. The van der Waals surface area contributed by atoms with E-state index in [1.807, 2.05) is 22.9 Å². The maximum atomic E-state index is 8.59. The average molecular weight is 289 g/mol. The molecule has 0 N–H and O–H groups in total. The largest absolute Gasteiger partial charge is 0.361 e. The minimum atomic E-state index is -1.07. The number of hydrogen-bond acceptors (Lipinski definition) is 3. The SMILES string of the molecule is C[Si](C)(C)CCOCn1ccc2ccnc(N=[N+]=[N-])c21. The predicted octanol–water partition coefficient (Wildman–Crippen LogP) is 4.29. The van der Waals surface area contributed by atoms with Crippen LogP contribution in [0.1, 0.15) is 0 Å². The van der Waals surface area contributed by atoms with Gasteiger partial charge in [0.05, 0.1) is 5.52 Å². The van der Waals surface area contributed by atoms with Gasteiger partial charge in [0.1, 0.15) is 6.73 Å². The van der Waals surface area contributed by atoms with E-state index in [0.29, 0.717) is 12.5 Å². The van der Waals surface area contributed by atoms with Crippen LogP contribution in [0.15, 0.2) is 29.6 Å². The number of hydrogen-bond donors (Lipinski definition) is 0. The van der Waals surface area contributed by atoms with Gasteiger partial charge >= 0.3 is 0 Å². The van der Waals surface area contributed by atoms with E-state index < -0.39 is 8.07 Å². The van der Waals surface area contributed by atoms with E-state index in [1.165, 1.54) is 0 Å². The van der Waals surface area contributed by atoms with Crippen LogP contribution in [0, 0.1) is 0 Å². The number of rotatable bonds is 6. The molecule has 20 heavy (non-hydrogen) atoms. The molecule has 0 aromatic carbocycles. The van der Waals surface area contributed by atoms with E-state index >= 15 is 0 Å². The van der Waals surface area contributed by atoms with Gasteiger partial charge in [-0.05, 0) is 28.8 Å². The fourth-order valence-electron chi connectivity index (χ4n) is 1.90. The lowest BCUT2D eigenvalue weighted by Gasteiger charge is -2.15. The zero-order chi connectivity index (χ0) is 14.6. The Morgan fingerprint density at radius 2 is 2.20 bits per heavy atom. The van der Waals surface area contributed by atoms with E-state index in [-0.39, 0.29) is 0 Å². The van der Waals surface area contributed by atoms with Gasteiger partial charge in [0.25, 0.3) is 0 Å². The standard InChI is InChI=1S/C13H19N5OSi/c1-20(2,3)9-8-19-10-18-7-5-11-4-6-15-13(12(11)18)16-17-14/h4-7H,8-10H2,1-3H3. The number of aromatic nitrogens is 2. The van der Waals surface area contributed by atoms with Gasteiger partial charge in [0.2, 0.25) is 0 Å². The average Bonchev–Trinajstić information content (AvgIpc) is 2.78. The third-order valence-electron chi connectivity index (χ3n) is 3.02. The lowest BCUT2D eigenvalue weighted by atomic mass is 10.3. The molecule has 0 amide bonds. The van der Waals surface area contributed by atoms with Crippen molar-refractivity contribution < 1.29 is 4.74 Å². The van der Waals surface area contributed by atoms with Crippen molar-refractivity contribution in [2.45, 2.75) is 32.4 Å². The molecule has 0 unspecified atom stereocenters. The first kappa shape index (κ1) is 14.6. The van der Waals surface area contributed by atoms with Gasteiger partial charge in [0, 0.05) is 37.4 Å². The molecule has 2 aromatic heterocycles. The Balaban J connectivity index is 2.12. The minimum Gasteiger partial charge on any atom is -0.361 e. The highest BCUT2D eigenvalue weighted by Crippen LogP contribution is 2.24. The molecular formula is C13H19N5OSi. The zero-order valence-corrected chi connectivity index (χ0v) is 13.1. The van der Waals surface area contributed by atoms with Gasteiger partial charge in [0.15, 0.2) is 5.82 Å². The first-order valence-corrected chi connectivity index (χ1v) is 10.3. The topological polar surface area (TPSA) is 75.8 Å². The summed E-state index contributed by atoms with van der Waals surface area (Å²) in [6.07, 6.45) is 3.57. The Hall–Kier alpha value is -1.82. The monoisotopic (exact) mass is 289 g/mol. The van der Waals surface area contributed by atoms with E-state index in [1.54, 1.807) is 6.20 Å². The fraction of sp³-hybridized carbons (Fsp3) is 0.462. The molecule has 6 nitrogen and oxygen atoms in total. The van der Waals surface area contributed by atoms with Gasteiger partial charge < -0.3 is 9.30 Å². The number of nitrogens with zero attached hydrogens (tertiary/aromatic N) is 5. The van der Waals surface area contributed by atoms with Crippen LogP contribution < -0.4 is 0 Å². The summed E-state index contributed by atoms with van der Waals surface area (Å²) in [6.45, 7) is 8.18. The van der Waals surface area contributed by atoms with Gasteiger partial charge in [-0.1, -0.05) is 19.6 Å². The Labute approximate surface area is 119 Å². The van der Waals surface area contributed by atoms with Crippen molar-refractivity contribution in [1.29, 1.82) is 0 Å². The van der Waals surface area contributed by atoms with Crippen LogP contribution in [0.4, 0.5) is 5.82 Å². The molecule has 0 fully saturated rings. The summed E-state index contributed by atoms with van der Waals surface area (Å²) in [7, 11) is -1.07. The molecule has 0 radical (unpaired) electrons. The smallest absolute Gasteiger partial charge is 0.151 e. The maximum absolute atomic E-state index is 8.59. The quantitative estimate of drug-likeness (QED) is 0.261. The summed E-state index contributed by atoms with van der Waals surface area (Å²) >= 11 is 0. The molecule has 0 aliphatic heterocycles. The van der Waals surface area contributed by atoms with Crippen LogP contribution in [0.5, 0.6) is 0 Å². The summed E-state index contributed by atoms with van der Waals surface area (Å²) in [6, 6.07) is 4.99. The summed E-state index contributed by atoms with van der Waals surface area (Å²) in [4.78, 5) is 6.93. The normalized spacial score (nSPS) is 11.6. The number of ether oxygens (including phenoxy) is 1. The molecular weight excluding hydrogens is 270 g/mol. The van der Waals surface area contributed by atoms with Crippen LogP contribution in [-0.4, -0.2) is 24.2 Å². The Bertz CT molecular complexity index is 640. The Morgan fingerprint density at radius 3 is 2.90 bits per heavy atom. The first-order valence-electron chi connectivity index (χ1n) is 6.58. The van der Waals surface area contributed by atoms with Crippen LogP contribution >= 0.6 is 0 Å². The number of azide groups is 1. The fourth-order valence-corrected chi connectivity index (χ4v) is 2.65. The molecule has 0 bridgehead atoms. The molecule has 0 aliphatic rings. The molecule has 0 saturated carbocycles. The van der Waals surface area contributed by atoms with Crippen molar-refractivity contribution in [3.05, 3.63) is 35.0 Å². The molecule has 0 saturated heterocycles. The number of pyridine rings is 1. The van der Waals surface area contributed by atoms with Crippen molar-refractivity contribution in [1.82, 2.24) is 9.55 Å². The van der Waals surface area contributed by atoms with Crippen LogP contribution in [0.3, 0.4) is 0 Å². The molecule has 2 aromatic rings. The molecule has 106 valence electrons. The lowest BCUT2D eigenvalue weighted by Crippen LogP contribution is -2.21. The van der Waals surface area contributed by atoms with E-state index in [9.17, 15) is 0 Å². The predicted molar refractivity (Wildman–Crippen MR) is 82.6 cm³/mol. The zero-order valence-electron chi connectivity index (χ0n) is 12.1. The molecule has 0 atom stereocenters.